The first kappa shape index (κ1) is 20.5. The molecule has 6 nitrogen and oxygen atoms in total. The molecule has 158 valence electrons. The SMILES string of the molecule is O=C(NC1CC1)c1cccc(NC(=O)c2ccccc2OCCOc2ccccc2)c1. The fourth-order valence-electron chi connectivity index (χ4n) is 3.04. The Kier molecular flexibility index (Phi) is 6.47. The van der Waals surface area contributed by atoms with Crippen LogP contribution in [0.1, 0.15) is 33.6 Å². The van der Waals surface area contributed by atoms with E-state index in [1.165, 1.54) is 0 Å². The number of hydrogen-bond donors (Lipinski definition) is 2. The number of carbonyl (C=O) groups excluding carboxylic acids is 2. The fraction of sp³-hybridized carbons (Fsp3) is 0.200. The lowest BCUT2D eigenvalue weighted by Gasteiger charge is -2.13. The highest BCUT2D eigenvalue weighted by molar-refractivity contribution is 6.06. The third-order valence-corrected chi connectivity index (χ3v) is 4.78. The number of hydrogen-bond acceptors (Lipinski definition) is 4. The van der Waals surface area contributed by atoms with Gasteiger partial charge in [0.15, 0.2) is 0 Å². The molecule has 0 spiro atoms. The van der Waals surface area contributed by atoms with Crippen molar-refractivity contribution in [3.8, 4) is 11.5 Å². The largest absolute Gasteiger partial charge is 0.490 e. The van der Waals surface area contributed by atoms with Crippen molar-refractivity contribution < 1.29 is 19.1 Å². The Balaban J connectivity index is 1.36. The van der Waals surface area contributed by atoms with Crippen LogP contribution in [0.4, 0.5) is 5.69 Å². The van der Waals surface area contributed by atoms with E-state index in [9.17, 15) is 9.59 Å². The minimum Gasteiger partial charge on any atom is -0.490 e. The molecular formula is C25H24N2O4. The maximum Gasteiger partial charge on any atom is 0.259 e. The summed E-state index contributed by atoms with van der Waals surface area (Å²) in [7, 11) is 0. The molecule has 6 heteroatoms. The molecule has 0 radical (unpaired) electrons. The zero-order valence-corrected chi connectivity index (χ0v) is 17.0. The van der Waals surface area contributed by atoms with Crippen molar-refractivity contribution >= 4 is 17.5 Å². The Labute approximate surface area is 181 Å². The summed E-state index contributed by atoms with van der Waals surface area (Å²) in [4.78, 5) is 25.1. The number of benzene rings is 3. The first-order valence-electron chi connectivity index (χ1n) is 10.3. The molecule has 0 atom stereocenters. The lowest BCUT2D eigenvalue weighted by molar-refractivity contribution is 0.0949. The van der Waals surface area contributed by atoms with E-state index in [1.807, 2.05) is 36.4 Å². The average molecular weight is 416 g/mol. The zero-order chi connectivity index (χ0) is 21.5. The van der Waals surface area contributed by atoms with Gasteiger partial charge in [0.1, 0.15) is 24.7 Å². The topological polar surface area (TPSA) is 76.7 Å². The molecule has 2 N–H and O–H groups in total. The summed E-state index contributed by atoms with van der Waals surface area (Å²) < 4.78 is 11.4. The molecule has 0 bridgehead atoms. The van der Waals surface area contributed by atoms with E-state index in [4.69, 9.17) is 9.47 Å². The summed E-state index contributed by atoms with van der Waals surface area (Å²) in [5.74, 6) is 0.808. The van der Waals surface area contributed by atoms with Gasteiger partial charge in [0.05, 0.1) is 5.56 Å². The molecule has 0 saturated heterocycles. The van der Waals surface area contributed by atoms with Crippen LogP contribution in [0.3, 0.4) is 0 Å². The monoisotopic (exact) mass is 416 g/mol. The summed E-state index contributed by atoms with van der Waals surface area (Å²) in [5, 5.41) is 5.80. The van der Waals surface area contributed by atoms with E-state index in [0.717, 1.165) is 18.6 Å². The molecule has 0 aliphatic heterocycles. The maximum absolute atomic E-state index is 12.8. The number of rotatable bonds is 9. The summed E-state index contributed by atoms with van der Waals surface area (Å²) >= 11 is 0. The van der Waals surface area contributed by atoms with Gasteiger partial charge < -0.3 is 20.1 Å². The van der Waals surface area contributed by atoms with Gasteiger partial charge in [-0.25, -0.2) is 0 Å². The van der Waals surface area contributed by atoms with Crippen molar-refractivity contribution in [2.75, 3.05) is 18.5 Å². The van der Waals surface area contributed by atoms with Crippen LogP contribution in [0.5, 0.6) is 11.5 Å². The highest BCUT2D eigenvalue weighted by Crippen LogP contribution is 2.22. The minimum absolute atomic E-state index is 0.124. The Morgan fingerprint density at radius 3 is 2.35 bits per heavy atom. The summed E-state index contributed by atoms with van der Waals surface area (Å²) in [6.45, 7) is 0.661. The van der Waals surface area contributed by atoms with Crippen LogP contribution in [0.25, 0.3) is 0 Å². The second kappa shape index (κ2) is 9.80. The van der Waals surface area contributed by atoms with Crippen molar-refractivity contribution in [1.29, 1.82) is 0 Å². The highest BCUT2D eigenvalue weighted by atomic mass is 16.5. The fourth-order valence-corrected chi connectivity index (χ4v) is 3.04. The summed E-state index contributed by atoms with van der Waals surface area (Å²) in [6.07, 6.45) is 2.05. The molecule has 0 aromatic heterocycles. The van der Waals surface area contributed by atoms with E-state index < -0.39 is 0 Å². The van der Waals surface area contributed by atoms with Gasteiger partial charge in [0.2, 0.25) is 0 Å². The van der Waals surface area contributed by atoms with E-state index in [0.29, 0.717) is 35.8 Å². The van der Waals surface area contributed by atoms with E-state index in [-0.39, 0.29) is 17.9 Å². The highest BCUT2D eigenvalue weighted by Gasteiger charge is 2.24. The molecule has 0 heterocycles. The van der Waals surface area contributed by atoms with Crippen LogP contribution in [0, 0.1) is 0 Å². The number of ether oxygens (including phenoxy) is 2. The van der Waals surface area contributed by atoms with E-state index in [1.54, 1.807) is 42.5 Å². The molecule has 0 unspecified atom stereocenters. The molecule has 2 amide bonds. The maximum atomic E-state index is 12.8. The van der Waals surface area contributed by atoms with Crippen LogP contribution >= 0.6 is 0 Å². The van der Waals surface area contributed by atoms with Crippen molar-refractivity contribution in [3.05, 3.63) is 90.0 Å². The zero-order valence-electron chi connectivity index (χ0n) is 17.0. The average Bonchev–Trinajstić information content (AvgIpc) is 3.62. The smallest absolute Gasteiger partial charge is 0.259 e. The molecule has 4 rings (SSSR count). The van der Waals surface area contributed by atoms with Gasteiger partial charge >= 0.3 is 0 Å². The van der Waals surface area contributed by atoms with Gasteiger partial charge in [-0.05, 0) is 55.3 Å². The molecule has 1 saturated carbocycles. The van der Waals surface area contributed by atoms with E-state index in [2.05, 4.69) is 10.6 Å². The van der Waals surface area contributed by atoms with Gasteiger partial charge in [0, 0.05) is 17.3 Å². The summed E-state index contributed by atoms with van der Waals surface area (Å²) in [5.41, 5.74) is 1.48. The molecular weight excluding hydrogens is 392 g/mol. The number of amides is 2. The molecule has 3 aromatic carbocycles. The predicted molar refractivity (Wildman–Crippen MR) is 119 cm³/mol. The van der Waals surface area contributed by atoms with Crippen LogP contribution in [-0.4, -0.2) is 31.1 Å². The van der Waals surface area contributed by atoms with Crippen LogP contribution in [0.15, 0.2) is 78.9 Å². The van der Waals surface area contributed by atoms with Crippen LogP contribution < -0.4 is 20.1 Å². The van der Waals surface area contributed by atoms with Crippen LogP contribution in [-0.2, 0) is 0 Å². The molecule has 1 aliphatic carbocycles. The quantitative estimate of drug-likeness (QED) is 0.510. The van der Waals surface area contributed by atoms with Gasteiger partial charge in [-0.1, -0.05) is 36.4 Å². The first-order chi connectivity index (χ1) is 15.2. The van der Waals surface area contributed by atoms with Crippen molar-refractivity contribution in [2.45, 2.75) is 18.9 Å². The third kappa shape index (κ3) is 5.85. The molecule has 1 aliphatic rings. The Bertz CT molecular complexity index is 1050. The van der Waals surface area contributed by atoms with Gasteiger partial charge in [-0.3, -0.25) is 9.59 Å². The number of nitrogens with one attached hydrogen (secondary N) is 2. The van der Waals surface area contributed by atoms with Crippen molar-refractivity contribution in [2.24, 2.45) is 0 Å². The normalized spacial score (nSPS) is 12.6. The molecule has 31 heavy (non-hydrogen) atoms. The Morgan fingerprint density at radius 1 is 0.806 bits per heavy atom. The number of para-hydroxylation sites is 2. The lowest BCUT2D eigenvalue weighted by Crippen LogP contribution is -2.25. The molecule has 1 fully saturated rings. The molecule has 3 aromatic rings. The predicted octanol–water partition coefficient (Wildman–Crippen LogP) is 4.29. The van der Waals surface area contributed by atoms with Gasteiger partial charge in [0.25, 0.3) is 11.8 Å². The van der Waals surface area contributed by atoms with E-state index >= 15 is 0 Å². The second-order valence-electron chi connectivity index (χ2n) is 7.29. The lowest BCUT2D eigenvalue weighted by atomic mass is 10.1. The Hall–Kier alpha value is -3.80. The number of carbonyl (C=O) groups is 2. The van der Waals surface area contributed by atoms with Crippen LogP contribution in [0.2, 0.25) is 0 Å². The Morgan fingerprint density at radius 2 is 1.55 bits per heavy atom. The first-order valence-corrected chi connectivity index (χ1v) is 10.3. The minimum atomic E-state index is -0.306. The second-order valence-corrected chi connectivity index (χ2v) is 7.29. The number of anilines is 1. The van der Waals surface area contributed by atoms with Crippen molar-refractivity contribution in [3.63, 3.8) is 0 Å². The van der Waals surface area contributed by atoms with Crippen molar-refractivity contribution in [1.82, 2.24) is 5.32 Å². The third-order valence-electron chi connectivity index (χ3n) is 4.78. The standard InChI is InChI=1S/C25H24N2O4/c28-24(26-19-13-14-19)18-7-6-8-20(17-18)27-25(29)22-11-4-5-12-23(22)31-16-15-30-21-9-2-1-3-10-21/h1-12,17,19H,13-16H2,(H,26,28)(H,27,29). The van der Waals surface area contributed by atoms with Gasteiger partial charge in [-0.2, -0.15) is 0 Å². The van der Waals surface area contributed by atoms with Gasteiger partial charge in [-0.15, -0.1) is 0 Å². The summed E-state index contributed by atoms with van der Waals surface area (Å²) in [6, 6.07) is 23.7.